The Morgan fingerprint density at radius 1 is 1.17 bits per heavy atom. The van der Waals surface area contributed by atoms with Crippen molar-refractivity contribution in [2.24, 2.45) is 0 Å². The van der Waals surface area contributed by atoms with Crippen LogP contribution in [0.5, 0.6) is 0 Å². The lowest BCUT2D eigenvalue weighted by Crippen LogP contribution is -2.40. The molecule has 0 heterocycles. The first-order valence-electron chi connectivity index (χ1n) is 6.26. The van der Waals surface area contributed by atoms with Gasteiger partial charge in [-0.15, -0.1) is 0 Å². The highest BCUT2D eigenvalue weighted by Crippen LogP contribution is 2.37. The molecule has 0 aromatic heterocycles. The van der Waals surface area contributed by atoms with Crippen LogP contribution in [0.2, 0.25) is 18.1 Å². The van der Waals surface area contributed by atoms with E-state index < -0.39 is 8.32 Å². The lowest BCUT2D eigenvalue weighted by Gasteiger charge is -2.36. The van der Waals surface area contributed by atoms with Gasteiger partial charge in [0.25, 0.3) is 0 Å². The Kier molecular flexibility index (Phi) is 5.61. The van der Waals surface area contributed by atoms with Gasteiger partial charge in [0, 0.05) is 0 Å². The molecular weight excluding hydrogens is 351 g/mol. The van der Waals surface area contributed by atoms with Crippen molar-refractivity contribution < 1.29 is 4.43 Å². The summed E-state index contributed by atoms with van der Waals surface area (Å²) in [5.41, 5.74) is 2.49. The summed E-state index contributed by atoms with van der Waals surface area (Å²) in [4.78, 5) is 0. The first kappa shape index (κ1) is 15.9. The van der Waals surface area contributed by atoms with Crippen LogP contribution in [0.15, 0.2) is 28.3 Å². The Balaban J connectivity index is 2.64. The average Bonchev–Trinajstić information content (AvgIpc) is 2.27. The van der Waals surface area contributed by atoms with Crippen molar-refractivity contribution in [3.05, 3.63) is 39.5 Å². The molecular formula is C15H23IOSi. The summed E-state index contributed by atoms with van der Waals surface area (Å²) < 4.78 is 8.23. The van der Waals surface area contributed by atoms with Crippen molar-refractivity contribution in [1.82, 2.24) is 0 Å². The second-order valence-electron chi connectivity index (χ2n) is 6.08. The summed E-state index contributed by atoms with van der Waals surface area (Å²) in [6.45, 7) is 12.1. The zero-order chi connectivity index (χ0) is 13.8. The van der Waals surface area contributed by atoms with Gasteiger partial charge < -0.3 is 4.43 Å². The summed E-state index contributed by atoms with van der Waals surface area (Å²) in [6, 6.07) is 8.58. The number of hydrogen-bond donors (Lipinski definition) is 0. The summed E-state index contributed by atoms with van der Waals surface area (Å²) in [5, 5.41) is 0.275. The predicted octanol–water partition coefficient (Wildman–Crippen LogP) is 5.61. The minimum absolute atomic E-state index is 0.275. The van der Waals surface area contributed by atoms with Crippen LogP contribution in [-0.2, 0) is 11.0 Å². The van der Waals surface area contributed by atoms with Crippen molar-refractivity contribution in [2.45, 2.75) is 45.5 Å². The molecule has 0 spiro atoms. The quantitative estimate of drug-likeness (QED) is 0.491. The first-order chi connectivity index (χ1) is 8.26. The molecule has 0 saturated heterocycles. The molecule has 1 nitrogen and oxygen atoms in total. The van der Waals surface area contributed by atoms with E-state index in [1.165, 1.54) is 11.1 Å². The lowest BCUT2D eigenvalue weighted by atomic mass is 10.1. The van der Waals surface area contributed by atoms with E-state index in [2.05, 4.69) is 86.8 Å². The molecule has 0 aliphatic rings. The zero-order valence-corrected chi connectivity index (χ0v) is 15.1. The maximum absolute atomic E-state index is 6.20. The Morgan fingerprint density at radius 2 is 1.72 bits per heavy atom. The molecule has 0 atom stereocenters. The van der Waals surface area contributed by atoms with Gasteiger partial charge in [-0.05, 0) is 39.4 Å². The minimum atomic E-state index is -1.63. The van der Waals surface area contributed by atoms with E-state index in [0.29, 0.717) is 0 Å². The van der Waals surface area contributed by atoms with Gasteiger partial charge in [0.2, 0.25) is 0 Å². The Hall–Kier alpha value is -0.133. The van der Waals surface area contributed by atoms with Gasteiger partial charge in [-0.2, -0.15) is 0 Å². The van der Waals surface area contributed by atoms with Crippen LogP contribution >= 0.6 is 22.6 Å². The highest BCUT2D eigenvalue weighted by Gasteiger charge is 2.36. The standard InChI is InChI=1S/C15H23IOSi/c1-15(2,3)18(4,5)17-12-14-8-6-13(7-9-14)10-11-16/h6-11H,12H2,1-5H3. The van der Waals surface area contributed by atoms with E-state index in [9.17, 15) is 0 Å². The van der Waals surface area contributed by atoms with Gasteiger partial charge >= 0.3 is 0 Å². The molecule has 0 aliphatic carbocycles. The van der Waals surface area contributed by atoms with Crippen LogP contribution in [0.25, 0.3) is 6.08 Å². The third kappa shape index (κ3) is 4.52. The van der Waals surface area contributed by atoms with Crippen molar-refractivity contribution in [3.8, 4) is 0 Å². The molecule has 0 radical (unpaired) electrons. The molecule has 0 bridgehead atoms. The number of halogens is 1. The minimum Gasteiger partial charge on any atom is -0.413 e. The van der Waals surface area contributed by atoms with E-state index in [1.54, 1.807) is 0 Å². The maximum atomic E-state index is 6.20. The molecule has 1 rings (SSSR count). The van der Waals surface area contributed by atoms with Crippen LogP contribution in [0.4, 0.5) is 0 Å². The molecule has 0 unspecified atom stereocenters. The summed E-state index contributed by atoms with van der Waals surface area (Å²) >= 11 is 2.24. The Bertz CT molecular complexity index is 401. The highest BCUT2D eigenvalue weighted by molar-refractivity contribution is 14.1. The third-order valence-electron chi connectivity index (χ3n) is 3.64. The monoisotopic (exact) mass is 374 g/mol. The van der Waals surface area contributed by atoms with Gasteiger partial charge in [-0.1, -0.05) is 67.6 Å². The zero-order valence-electron chi connectivity index (χ0n) is 12.0. The maximum Gasteiger partial charge on any atom is 0.192 e. The molecule has 1 aromatic rings. The molecule has 0 saturated carbocycles. The fourth-order valence-electron chi connectivity index (χ4n) is 1.28. The van der Waals surface area contributed by atoms with E-state index in [0.717, 1.165) is 6.61 Å². The first-order valence-corrected chi connectivity index (χ1v) is 10.4. The van der Waals surface area contributed by atoms with Crippen molar-refractivity contribution in [2.75, 3.05) is 0 Å². The predicted molar refractivity (Wildman–Crippen MR) is 91.5 cm³/mol. The topological polar surface area (TPSA) is 9.23 Å². The van der Waals surface area contributed by atoms with Gasteiger partial charge in [-0.3, -0.25) is 0 Å². The molecule has 3 heteroatoms. The van der Waals surface area contributed by atoms with Crippen LogP contribution in [-0.4, -0.2) is 8.32 Å². The fourth-order valence-corrected chi connectivity index (χ4v) is 2.65. The second-order valence-corrected chi connectivity index (χ2v) is 11.6. The fraction of sp³-hybridized carbons (Fsp3) is 0.467. The van der Waals surface area contributed by atoms with E-state index in [1.807, 2.05) is 4.08 Å². The van der Waals surface area contributed by atoms with Crippen LogP contribution in [0.3, 0.4) is 0 Å². The number of benzene rings is 1. The second kappa shape index (κ2) is 6.35. The third-order valence-corrected chi connectivity index (χ3v) is 8.48. The van der Waals surface area contributed by atoms with Gasteiger partial charge in [0.1, 0.15) is 0 Å². The molecule has 100 valence electrons. The van der Waals surface area contributed by atoms with Crippen molar-refractivity contribution in [3.63, 3.8) is 0 Å². The van der Waals surface area contributed by atoms with Crippen molar-refractivity contribution in [1.29, 1.82) is 0 Å². The van der Waals surface area contributed by atoms with Crippen LogP contribution in [0, 0.1) is 0 Å². The SMILES string of the molecule is CC(C)(C)[Si](C)(C)OCc1ccc(C=CI)cc1. The van der Waals surface area contributed by atoms with Crippen molar-refractivity contribution >= 4 is 37.0 Å². The highest BCUT2D eigenvalue weighted by atomic mass is 127. The molecule has 18 heavy (non-hydrogen) atoms. The molecule has 0 N–H and O–H groups in total. The Labute approximate surface area is 126 Å². The van der Waals surface area contributed by atoms with Gasteiger partial charge in [-0.25, -0.2) is 0 Å². The molecule has 1 aromatic carbocycles. The largest absolute Gasteiger partial charge is 0.413 e. The van der Waals surface area contributed by atoms with Gasteiger partial charge in [0.05, 0.1) is 6.61 Å². The summed E-state index contributed by atoms with van der Waals surface area (Å²) in [5.74, 6) is 0. The number of rotatable bonds is 4. The lowest BCUT2D eigenvalue weighted by molar-refractivity contribution is 0.276. The molecule has 0 aliphatic heterocycles. The molecule has 0 amide bonds. The summed E-state index contributed by atoms with van der Waals surface area (Å²) in [6.07, 6.45) is 2.10. The van der Waals surface area contributed by atoms with Crippen LogP contribution in [0.1, 0.15) is 31.9 Å². The van der Waals surface area contributed by atoms with E-state index in [-0.39, 0.29) is 5.04 Å². The smallest absolute Gasteiger partial charge is 0.192 e. The van der Waals surface area contributed by atoms with Crippen LogP contribution < -0.4 is 0 Å². The normalized spacial score (nSPS) is 13.2. The average molecular weight is 374 g/mol. The van der Waals surface area contributed by atoms with Gasteiger partial charge in [0.15, 0.2) is 8.32 Å². The molecule has 0 fully saturated rings. The Morgan fingerprint density at radius 3 is 2.17 bits per heavy atom. The van der Waals surface area contributed by atoms with E-state index in [4.69, 9.17) is 4.43 Å². The summed E-state index contributed by atoms with van der Waals surface area (Å²) in [7, 11) is -1.63. The number of hydrogen-bond acceptors (Lipinski definition) is 1. The van der Waals surface area contributed by atoms with E-state index >= 15 is 0 Å².